The standard InChI is InChI=1S/C14H22N2O4/c1-5-11-7-6-8(2)16(11)14(20)15-12(17)9(3)10(4)13(18)19/h8,11H,5-7H2,1-4H3,(H,18,19)(H,15,17,20). The van der Waals surface area contributed by atoms with E-state index in [2.05, 4.69) is 5.32 Å². The second-order valence-corrected chi connectivity index (χ2v) is 5.21. The topological polar surface area (TPSA) is 86.7 Å². The van der Waals surface area contributed by atoms with Gasteiger partial charge in [0.05, 0.1) is 0 Å². The van der Waals surface area contributed by atoms with Crippen LogP contribution in [-0.2, 0) is 9.59 Å². The number of likely N-dealkylation sites (tertiary alicyclic amines) is 1. The van der Waals surface area contributed by atoms with Gasteiger partial charge in [0.2, 0.25) is 0 Å². The second-order valence-electron chi connectivity index (χ2n) is 5.21. The van der Waals surface area contributed by atoms with Gasteiger partial charge in [0.25, 0.3) is 5.91 Å². The number of hydrogen-bond acceptors (Lipinski definition) is 3. The van der Waals surface area contributed by atoms with Crippen molar-refractivity contribution in [1.82, 2.24) is 10.2 Å². The highest BCUT2D eigenvalue weighted by Gasteiger charge is 2.34. The smallest absolute Gasteiger partial charge is 0.331 e. The van der Waals surface area contributed by atoms with Crippen LogP contribution in [0.1, 0.15) is 47.0 Å². The zero-order chi connectivity index (χ0) is 15.4. The summed E-state index contributed by atoms with van der Waals surface area (Å²) in [6.45, 7) is 6.70. The van der Waals surface area contributed by atoms with E-state index in [-0.39, 0.29) is 23.2 Å². The average Bonchev–Trinajstić information content (AvgIpc) is 2.77. The molecule has 2 atom stereocenters. The fourth-order valence-corrected chi connectivity index (χ4v) is 2.42. The zero-order valence-electron chi connectivity index (χ0n) is 12.4. The average molecular weight is 282 g/mol. The summed E-state index contributed by atoms with van der Waals surface area (Å²) in [5.74, 6) is -1.81. The highest BCUT2D eigenvalue weighted by atomic mass is 16.4. The fourth-order valence-electron chi connectivity index (χ4n) is 2.42. The van der Waals surface area contributed by atoms with Gasteiger partial charge < -0.3 is 10.0 Å². The molecule has 0 bridgehead atoms. The molecule has 1 aliphatic rings. The van der Waals surface area contributed by atoms with Crippen LogP contribution in [0.4, 0.5) is 4.79 Å². The number of amides is 3. The SMILES string of the molecule is CCC1CCC(C)N1C(=O)NC(=O)C(C)=C(C)C(=O)O. The number of nitrogens with one attached hydrogen (secondary N) is 1. The summed E-state index contributed by atoms with van der Waals surface area (Å²) in [4.78, 5) is 36.5. The van der Waals surface area contributed by atoms with Crippen molar-refractivity contribution in [2.24, 2.45) is 0 Å². The molecule has 0 radical (unpaired) electrons. The van der Waals surface area contributed by atoms with E-state index in [1.54, 1.807) is 4.90 Å². The third-order valence-corrected chi connectivity index (χ3v) is 3.94. The number of carbonyl (C=O) groups is 3. The lowest BCUT2D eigenvalue weighted by molar-refractivity contribution is -0.133. The number of hydrogen-bond donors (Lipinski definition) is 2. The van der Waals surface area contributed by atoms with Gasteiger partial charge in [-0.15, -0.1) is 0 Å². The summed E-state index contributed by atoms with van der Waals surface area (Å²) in [6.07, 6.45) is 2.69. The van der Waals surface area contributed by atoms with Crippen LogP contribution in [0.5, 0.6) is 0 Å². The Balaban J connectivity index is 2.78. The van der Waals surface area contributed by atoms with Gasteiger partial charge in [0.1, 0.15) is 0 Å². The highest BCUT2D eigenvalue weighted by Crippen LogP contribution is 2.25. The lowest BCUT2D eigenvalue weighted by Gasteiger charge is -2.27. The molecule has 2 unspecified atom stereocenters. The molecule has 0 aromatic rings. The lowest BCUT2D eigenvalue weighted by Crippen LogP contribution is -2.48. The number of rotatable bonds is 3. The van der Waals surface area contributed by atoms with Gasteiger partial charge in [-0.25, -0.2) is 9.59 Å². The molecule has 1 heterocycles. The zero-order valence-corrected chi connectivity index (χ0v) is 12.4. The highest BCUT2D eigenvalue weighted by molar-refractivity contribution is 6.07. The van der Waals surface area contributed by atoms with Gasteiger partial charge in [-0.05, 0) is 40.0 Å². The molecular weight excluding hydrogens is 260 g/mol. The Labute approximate surface area is 118 Å². The Bertz CT molecular complexity index is 456. The van der Waals surface area contributed by atoms with Crippen LogP contribution in [-0.4, -0.2) is 40.0 Å². The van der Waals surface area contributed by atoms with Crippen molar-refractivity contribution >= 4 is 17.9 Å². The Kier molecular flexibility index (Phi) is 5.30. The van der Waals surface area contributed by atoms with E-state index in [4.69, 9.17) is 5.11 Å². The molecule has 6 heteroatoms. The second kappa shape index (κ2) is 6.54. The van der Waals surface area contributed by atoms with E-state index in [1.807, 2.05) is 13.8 Å². The molecular formula is C14H22N2O4. The first-order valence-corrected chi connectivity index (χ1v) is 6.84. The maximum atomic E-state index is 12.2. The Hall–Kier alpha value is -1.85. The number of urea groups is 1. The van der Waals surface area contributed by atoms with Gasteiger partial charge in [-0.2, -0.15) is 0 Å². The van der Waals surface area contributed by atoms with Crippen LogP contribution < -0.4 is 5.32 Å². The van der Waals surface area contributed by atoms with Crippen molar-refractivity contribution < 1.29 is 19.5 Å². The molecule has 6 nitrogen and oxygen atoms in total. The van der Waals surface area contributed by atoms with E-state index >= 15 is 0 Å². The van der Waals surface area contributed by atoms with Gasteiger partial charge in [0, 0.05) is 23.2 Å². The van der Waals surface area contributed by atoms with Crippen LogP contribution in [0.15, 0.2) is 11.1 Å². The van der Waals surface area contributed by atoms with Crippen LogP contribution >= 0.6 is 0 Å². The summed E-state index contributed by atoms with van der Waals surface area (Å²) in [6, 6.07) is -0.204. The Morgan fingerprint density at radius 2 is 1.80 bits per heavy atom. The summed E-state index contributed by atoms with van der Waals surface area (Å²) < 4.78 is 0. The number of carboxylic acids is 1. The van der Waals surface area contributed by atoms with Crippen molar-refractivity contribution in [1.29, 1.82) is 0 Å². The minimum absolute atomic E-state index is 0.0470. The molecule has 1 rings (SSSR count). The number of carboxylic acid groups (broad SMARTS) is 1. The predicted molar refractivity (Wildman–Crippen MR) is 74.2 cm³/mol. The van der Waals surface area contributed by atoms with E-state index in [9.17, 15) is 14.4 Å². The maximum Gasteiger partial charge on any atom is 0.331 e. The van der Waals surface area contributed by atoms with Gasteiger partial charge >= 0.3 is 12.0 Å². The summed E-state index contributed by atoms with van der Waals surface area (Å²) >= 11 is 0. The van der Waals surface area contributed by atoms with Crippen molar-refractivity contribution in [3.8, 4) is 0 Å². The first kappa shape index (κ1) is 16.2. The predicted octanol–water partition coefficient (Wildman–Crippen LogP) is 1.91. The summed E-state index contributed by atoms with van der Waals surface area (Å²) in [7, 11) is 0. The summed E-state index contributed by atoms with van der Waals surface area (Å²) in [5.41, 5.74) is -0.0115. The molecule has 0 aliphatic carbocycles. The first-order chi connectivity index (χ1) is 9.29. The van der Waals surface area contributed by atoms with E-state index in [0.29, 0.717) is 0 Å². The molecule has 0 saturated carbocycles. The van der Waals surface area contributed by atoms with E-state index in [1.165, 1.54) is 13.8 Å². The molecule has 1 fully saturated rings. The molecule has 1 aliphatic heterocycles. The lowest BCUT2D eigenvalue weighted by atomic mass is 10.1. The molecule has 0 spiro atoms. The molecule has 2 N–H and O–H groups in total. The Morgan fingerprint density at radius 3 is 2.30 bits per heavy atom. The van der Waals surface area contributed by atoms with Gasteiger partial charge in [-0.1, -0.05) is 6.92 Å². The van der Waals surface area contributed by atoms with Crippen LogP contribution in [0, 0.1) is 0 Å². The number of carbonyl (C=O) groups excluding carboxylic acids is 2. The maximum absolute atomic E-state index is 12.2. The van der Waals surface area contributed by atoms with Gasteiger partial charge in [-0.3, -0.25) is 10.1 Å². The molecule has 1 saturated heterocycles. The molecule has 20 heavy (non-hydrogen) atoms. The normalized spacial score (nSPS) is 23.3. The monoisotopic (exact) mass is 282 g/mol. The van der Waals surface area contributed by atoms with Crippen LogP contribution in [0.3, 0.4) is 0 Å². The molecule has 0 aromatic carbocycles. The minimum Gasteiger partial charge on any atom is -0.478 e. The number of imide groups is 1. The quantitative estimate of drug-likeness (QED) is 0.774. The number of aliphatic carboxylic acids is 1. The Morgan fingerprint density at radius 1 is 1.20 bits per heavy atom. The van der Waals surface area contributed by atoms with Crippen molar-refractivity contribution in [2.45, 2.75) is 59.0 Å². The van der Waals surface area contributed by atoms with E-state index < -0.39 is 17.9 Å². The third-order valence-electron chi connectivity index (χ3n) is 3.94. The first-order valence-electron chi connectivity index (χ1n) is 6.84. The van der Waals surface area contributed by atoms with Gasteiger partial charge in [0.15, 0.2) is 0 Å². The van der Waals surface area contributed by atoms with E-state index in [0.717, 1.165) is 19.3 Å². The minimum atomic E-state index is -1.16. The van der Waals surface area contributed by atoms with Crippen LogP contribution in [0.25, 0.3) is 0 Å². The third kappa shape index (κ3) is 3.37. The molecule has 0 aromatic heterocycles. The van der Waals surface area contributed by atoms with Crippen molar-refractivity contribution in [3.63, 3.8) is 0 Å². The number of nitrogens with zero attached hydrogens (tertiary/aromatic N) is 1. The van der Waals surface area contributed by atoms with Crippen molar-refractivity contribution in [2.75, 3.05) is 0 Å². The largest absolute Gasteiger partial charge is 0.478 e. The molecule has 3 amide bonds. The summed E-state index contributed by atoms with van der Waals surface area (Å²) in [5, 5.41) is 11.1. The molecule has 112 valence electrons. The fraction of sp³-hybridized carbons (Fsp3) is 0.643. The van der Waals surface area contributed by atoms with Crippen LogP contribution in [0.2, 0.25) is 0 Å². The van der Waals surface area contributed by atoms with Crippen molar-refractivity contribution in [3.05, 3.63) is 11.1 Å².